The van der Waals surface area contributed by atoms with Crippen LogP contribution in [0.3, 0.4) is 0 Å². The van der Waals surface area contributed by atoms with E-state index in [1.165, 1.54) is 41.0 Å². The summed E-state index contributed by atoms with van der Waals surface area (Å²) in [6.45, 7) is 0.184. The molecule has 0 fully saturated rings. The Morgan fingerprint density at radius 2 is 1.78 bits per heavy atom. The van der Waals surface area contributed by atoms with Crippen LogP contribution < -0.4 is 16.4 Å². The van der Waals surface area contributed by atoms with Crippen molar-refractivity contribution in [3.05, 3.63) is 94.0 Å². The zero-order chi connectivity index (χ0) is 19.2. The minimum atomic E-state index is -0.630. The van der Waals surface area contributed by atoms with Crippen LogP contribution in [0.15, 0.2) is 70.0 Å². The number of rotatable bonds is 5. The van der Waals surface area contributed by atoms with Gasteiger partial charge in [0, 0.05) is 12.3 Å². The van der Waals surface area contributed by atoms with Crippen molar-refractivity contribution in [2.24, 2.45) is 0 Å². The SMILES string of the molecule is O=C(Cc1ccc(F)cc1)NNC(=O)c1ccc(Cn2ccccc2=O)o1. The molecule has 2 aromatic heterocycles. The zero-order valence-electron chi connectivity index (χ0n) is 14.1. The molecule has 3 aromatic rings. The van der Waals surface area contributed by atoms with Crippen LogP contribution in [0.4, 0.5) is 4.39 Å². The summed E-state index contributed by atoms with van der Waals surface area (Å²) in [5, 5.41) is 0. The average molecular weight is 369 g/mol. The van der Waals surface area contributed by atoms with Gasteiger partial charge in [-0.1, -0.05) is 18.2 Å². The molecule has 0 unspecified atom stereocenters. The molecule has 0 saturated carbocycles. The number of halogens is 1. The first-order valence-electron chi connectivity index (χ1n) is 8.09. The number of carbonyl (C=O) groups excluding carboxylic acids is 2. The molecule has 27 heavy (non-hydrogen) atoms. The van der Waals surface area contributed by atoms with Crippen LogP contribution in [0.25, 0.3) is 0 Å². The monoisotopic (exact) mass is 369 g/mol. The van der Waals surface area contributed by atoms with Gasteiger partial charge in [-0.3, -0.25) is 25.2 Å². The molecule has 0 bridgehead atoms. The highest BCUT2D eigenvalue weighted by Crippen LogP contribution is 2.09. The predicted octanol–water partition coefficient (Wildman–Crippen LogP) is 1.63. The number of nitrogens with one attached hydrogen (secondary N) is 2. The Bertz CT molecular complexity index is 1010. The largest absolute Gasteiger partial charge is 0.454 e. The summed E-state index contributed by atoms with van der Waals surface area (Å²) in [5.41, 5.74) is 4.93. The van der Waals surface area contributed by atoms with Gasteiger partial charge in [0.2, 0.25) is 5.91 Å². The fourth-order valence-corrected chi connectivity index (χ4v) is 2.36. The Hall–Kier alpha value is -3.68. The molecule has 0 aliphatic rings. The van der Waals surface area contributed by atoms with Crippen molar-refractivity contribution in [3.8, 4) is 0 Å². The summed E-state index contributed by atoms with van der Waals surface area (Å²) in [4.78, 5) is 35.6. The minimum absolute atomic E-state index is 0.00365. The fraction of sp³-hybridized carbons (Fsp3) is 0.105. The highest BCUT2D eigenvalue weighted by molar-refractivity contribution is 5.93. The third-order valence-electron chi connectivity index (χ3n) is 3.70. The third-order valence-corrected chi connectivity index (χ3v) is 3.70. The molecule has 8 heteroatoms. The predicted molar refractivity (Wildman–Crippen MR) is 94.2 cm³/mol. The number of hydrogen-bond acceptors (Lipinski definition) is 4. The van der Waals surface area contributed by atoms with Gasteiger partial charge in [0.15, 0.2) is 5.76 Å². The van der Waals surface area contributed by atoms with Gasteiger partial charge in [0.05, 0.1) is 13.0 Å². The first kappa shape index (κ1) is 18.1. The molecule has 2 N–H and O–H groups in total. The summed E-state index contributed by atoms with van der Waals surface area (Å²) in [6, 6.07) is 13.3. The number of hydrazine groups is 1. The third kappa shape index (κ3) is 4.91. The summed E-state index contributed by atoms with van der Waals surface area (Å²) >= 11 is 0. The maximum Gasteiger partial charge on any atom is 0.305 e. The Balaban J connectivity index is 1.53. The summed E-state index contributed by atoms with van der Waals surface area (Å²) < 4.78 is 19.7. The van der Waals surface area contributed by atoms with E-state index in [2.05, 4.69) is 10.9 Å². The van der Waals surface area contributed by atoms with Crippen LogP contribution in [0.1, 0.15) is 21.9 Å². The Morgan fingerprint density at radius 1 is 1.00 bits per heavy atom. The van der Waals surface area contributed by atoms with Crippen molar-refractivity contribution in [3.63, 3.8) is 0 Å². The number of pyridine rings is 1. The van der Waals surface area contributed by atoms with Crippen molar-refractivity contribution >= 4 is 11.8 Å². The van der Waals surface area contributed by atoms with E-state index >= 15 is 0 Å². The molecule has 0 aliphatic carbocycles. The van der Waals surface area contributed by atoms with E-state index in [0.717, 1.165) is 0 Å². The van der Waals surface area contributed by atoms with Crippen molar-refractivity contribution in [1.29, 1.82) is 0 Å². The fourth-order valence-electron chi connectivity index (χ4n) is 2.36. The number of aromatic nitrogens is 1. The molecule has 2 amide bonds. The van der Waals surface area contributed by atoms with Gasteiger partial charge in [-0.05, 0) is 35.9 Å². The summed E-state index contributed by atoms with van der Waals surface area (Å²) in [7, 11) is 0. The number of nitrogens with zero attached hydrogens (tertiary/aromatic N) is 1. The van der Waals surface area contributed by atoms with Gasteiger partial charge in [0.1, 0.15) is 11.6 Å². The van der Waals surface area contributed by atoms with Gasteiger partial charge in [-0.25, -0.2) is 4.39 Å². The van der Waals surface area contributed by atoms with Crippen LogP contribution in [0.2, 0.25) is 0 Å². The Kier molecular flexibility index (Phi) is 5.46. The quantitative estimate of drug-likeness (QED) is 0.669. The number of amides is 2. The van der Waals surface area contributed by atoms with Crippen LogP contribution in [-0.2, 0) is 17.8 Å². The van der Waals surface area contributed by atoms with Gasteiger partial charge in [-0.15, -0.1) is 0 Å². The number of benzene rings is 1. The molecule has 0 spiro atoms. The standard InChI is InChI=1S/C19H16FN3O4/c20-14-6-4-13(5-7-14)11-17(24)21-22-19(26)16-9-8-15(27-16)12-23-10-2-1-3-18(23)25/h1-10H,11-12H2,(H,21,24)(H,22,26). The Labute approximate surface area is 153 Å². The summed E-state index contributed by atoms with van der Waals surface area (Å²) in [5.74, 6) is -1.06. The highest BCUT2D eigenvalue weighted by Gasteiger charge is 2.13. The smallest absolute Gasteiger partial charge is 0.305 e. The zero-order valence-corrected chi connectivity index (χ0v) is 14.1. The molecule has 0 radical (unpaired) electrons. The number of furan rings is 1. The second kappa shape index (κ2) is 8.13. The minimum Gasteiger partial charge on any atom is -0.454 e. The molecule has 0 aliphatic heterocycles. The van der Waals surface area contributed by atoms with Gasteiger partial charge in [0.25, 0.3) is 5.56 Å². The molecule has 138 valence electrons. The van der Waals surface area contributed by atoms with Gasteiger partial charge >= 0.3 is 5.91 Å². The second-order valence-electron chi connectivity index (χ2n) is 5.74. The molecular weight excluding hydrogens is 353 g/mol. The topological polar surface area (TPSA) is 93.3 Å². The van der Waals surface area contributed by atoms with Crippen molar-refractivity contribution < 1.29 is 18.4 Å². The van der Waals surface area contributed by atoms with E-state index in [-0.39, 0.29) is 30.1 Å². The molecular formula is C19H16FN3O4. The lowest BCUT2D eigenvalue weighted by atomic mass is 10.1. The van der Waals surface area contributed by atoms with Crippen LogP contribution in [-0.4, -0.2) is 16.4 Å². The van der Waals surface area contributed by atoms with Gasteiger partial charge < -0.3 is 8.98 Å². The van der Waals surface area contributed by atoms with E-state index in [4.69, 9.17) is 4.42 Å². The maximum atomic E-state index is 12.8. The maximum absolute atomic E-state index is 12.8. The number of hydrogen-bond donors (Lipinski definition) is 2. The lowest BCUT2D eigenvalue weighted by Crippen LogP contribution is -2.42. The lowest BCUT2D eigenvalue weighted by Gasteiger charge is -2.06. The normalized spacial score (nSPS) is 10.4. The molecule has 7 nitrogen and oxygen atoms in total. The van der Waals surface area contributed by atoms with Crippen molar-refractivity contribution in [2.75, 3.05) is 0 Å². The second-order valence-corrected chi connectivity index (χ2v) is 5.74. The first-order chi connectivity index (χ1) is 13.0. The van der Waals surface area contributed by atoms with E-state index in [9.17, 15) is 18.8 Å². The highest BCUT2D eigenvalue weighted by atomic mass is 19.1. The van der Waals surface area contributed by atoms with Crippen molar-refractivity contribution in [2.45, 2.75) is 13.0 Å². The van der Waals surface area contributed by atoms with E-state index in [1.54, 1.807) is 24.4 Å². The molecule has 0 saturated heterocycles. The lowest BCUT2D eigenvalue weighted by molar-refractivity contribution is -0.121. The van der Waals surface area contributed by atoms with Gasteiger partial charge in [-0.2, -0.15) is 0 Å². The Morgan fingerprint density at radius 3 is 2.52 bits per heavy atom. The van der Waals surface area contributed by atoms with Crippen molar-refractivity contribution in [1.82, 2.24) is 15.4 Å². The van der Waals surface area contributed by atoms with E-state index in [0.29, 0.717) is 11.3 Å². The molecule has 0 atom stereocenters. The molecule has 3 rings (SSSR count). The van der Waals surface area contributed by atoms with Crippen LogP contribution >= 0.6 is 0 Å². The molecule has 2 heterocycles. The van der Waals surface area contributed by atoms with Crippen LogP contribution in [0, 0.1) is 5.82 Å². The number of carbonyl (C=O) groups is 2. The first-order valence-corrected chi connectivity index (χ1v) is 8.09. The van der Waals surface area contributed by atoms with E-state index in [1.807, 2.05) is 0 Å². The molecule has 1 aromatic carbocycles. The summed E-state index contributed by atoms with van der Waals surface area (Å²) in [6.07, 6.45) is 1.60. The van der Waals surface area contributed by atoms with Crippen LogP contribution in [0.5, 0.6) is 0 Å². The van der Waals surface area contributed by atoms with E-state index < -0.39 is 11.8 Å². The average Bonchev–Trinajstić information content (AvgIpc) is 3.12.